The molecule has 0 aliphatic carbocycles. The van der Waals surface area contributed by atoms with Crippen molar-refractivity contribution in [2.75, 3.05) is 5.32 Å². The molecule has 1 aliphatic rings. The van der Waals surface area contributed by atoms with Crippen LogP contribution in [0, 0.1) is 17.1 Å². The quantitative estimate of drug-likeness (QED) is 0.909. The van der Waals surface area contributed by atoms with Crippen LogP contribution >= 0.6 is 0 Å². The minimum atomic E-state index is -0.394. The van der Waals surface area contributed by atoms with E-state index < -0.39 is 5.92 Å². The highest BCUT2D eigenvalue weighted by Gasteiger charge is 2.34. The lowest BCUT2D eigenvalue weighted by Gasteiger charge is -2.24. The van der Waals surface area contributed by atoms with E-state index in [1.807, 2.05) is 6.92 Å². The lowest BCUT2D eigenvalue weighted by Crippen LogP contribution is -2.23. The Balaban J connectivity index is 2.19. The second kappa shape index (κ2) is 5.53. The number of rotatable bonds is 3. The molecule has 0 bridgehead atoms. The third-order valence-electron chi connectivity index (χ3n) is 3.73. The monoisotopic (exact) mass is 298 g/mol. The molecule has 0 saturated carbocycles. The lowest BCUT2D eigenvalue weighted by atomic mass is 9.82. The largest absolute Gasteiger partial charge is 0.384 e. The van der Waals surface area contributed by atoms with Crippen molar-refractivity contribution < 1.29 is 8.91 Å². The molecule has 0 radical (unpaired) electrons. The van der Waals surface area contributed by atoms with Crippen molar-refractivity contribution in [1.29, 1.82) is 5.26 Å². The number of benzene rings is 1. The minimum absolute atomic E-state index is 0.239. The summed E-state index contributed by atoms with van der Waals surface area (Å²) in [5.74, 6) is -0.0279. The van der Waals surface area contributed by atoms with Crippen LogP contribution in [0.15, 0.2) is 40.2 Å². The molecular formula is C16H15FN4O. The fraction of sp³-hybridized carbons (Fsp3) is 0.250. The summed E-state index contributed by atoms with van der Waals surface area (Å²) in [6.07, 6.45) is 1.63. The average Bonchev–Trinajstić information content (AvgIpc) is 2.90. The van der Waals surface area contributed by atoms with Gasteiger partial charge in [0.2, 0.25) is 5.88 Å². The van der Waals surface area contributed by atoms with Gasteiger partial charge < -0.3 is 15.6 Å². The van der Waals surface area contributed by atoms with E-state index in [1.54, 1.807) is 12.1 Å². The van der Waals surface area contributed by atoms with Crippen molar-refractivity contribution in [2.45, 2.75) is 25.7 Å². The first kappa shape index (κ1) is 14.1. The SMILES string of the molecule is CCCc1noc2c1C(c1ccc(F)cc1)C(C#N)=C(N)N2. The van der Waals surface area contributed by atoms with E-state index in [9.17, 15) is 9.65 Å². The van der Waals surface area contributed by atoms with Crippen LogP contribution in [0.1, 0.15) is 36.1 Å². The molecule has 1 unspecified atom stereocenters. The Morgan fingerprint density at radius 1 is 1.41 bits per heavy atom. The molecule has 1 aliphatic heterocycles. The van der Waals surface area contributed by atoms with Crippen molar-refractivity contribution in [3.63, 3.8) is 0 Å². The van der Waals surface area contributed by atoms with Gasteiger partial charge in [-0.05, 0) is 24.1 Å². The van der Waals surface area contributed by atoms with E-state index in [2.05, 4.69) is 16.5 Å². The van der Waals surface area contributed by atoms with Crippen LogP contribution in [-0.2, 0) is 6.42 Å². The number of fused-ring (bicyclic) bond motifs is 1. The number of nitrogens with one attached hydrogen (secondary N) is 1. The van der Waals surface area contributed by atoms with Crippen LogP contribution in [0.5, 0.6) is 0 Å². The van der Waals surface area contributed by atoms with Crippen molar-refractivity contribution in [1.82, 2.24) is 5.16 Å². The number of halogens is 1. The van der Waals surface area contributed by atoms with Gasteiger partial charge in [-0.15, -0.1) is 0 Å². The van der Waals surface area contributed by atoms with Gasteiger partial charge in [0.25, 0.3) is 0 Å². The van der Waals surface area contributed by atoms with Crippen LogP contribution in [0.4, 0.5) is 10.3 Å². The molecular weight excluding hydrogens is 283 g/mol. The summed E-state index contributed by atoms with van der Waals surface area (Å²) in [7, 11) is 0. The summed E-state index contributed by atoms with van der Waals surface area (Å²) in [5.41, 5.74) is 8.70. The number of nitrogens with two attached hydrogens (primary N) is 1. The predicted molar refractivity (Wildman–Crippen MR) is 79.2 cm³/mol. The predicted octanol–water partition coefficient (Wildman–Crippen LogP) is 3.02. The zero-order valence-corrected chi connectivity index (χ0v) is 12.1. The molecule has 2 aromatic rings. The lowest BCUT2D eigenvalue weighted by molar-refractivity contribution is 0.424. The number of hydrogen-bond acceptors (Lipinski definition) is 5. The number of nitrogens with zero attached hydrogens (tertiary/aromatic N) is 2. The summed E-state index contributed by atoms with van der Waals surface area (Å²) in [4.78, 5) is 0. The van der Waals surface area contributed by atoms with Gasteiger partial charge in [-0.3, -0.25) is 0 Å². The highest BCUT2D eigenvalue weighted by atomic mass is 19.1. The van der Waals surface area contributed by atoms with Crippen LogP contribution in [0.25, 0.3) is 0 Å². The van der Waals surface area contributed by atoms with Gasteiger partial charge in [-0.25, -0.2) is 4.39 Å². The highest BCUT2D eigenvalue weighted by molar-refractivity contribution is 5.64. The molecule has 1 aromatic carbocycles. The Bertz CT molecular complexity index is 770. The number of anilines is 1. The van der Waals surface area contributed by atoms with Gasteiger partial charge in [0.1, 0.15) is 11.6 Å². The first-order valence-corrected chi connectivity index (χ1v) is 7.06. The number of aryl methyl sites for hydroxylation is 1. The molecule has 112 valence electrons. The standard InChI is InChI=1S/C16H15FN4O/c1-2-3-12-14-13(9-4-6-10(17)7-5-9)11(8-18)15(19)20-16(14)22-21-12/h4-7,13,20H,2-3,19H2,1H3. The van der Waals surface area contributed by atoms with E-state index in [0.29, 0.717) is 11.5 Å². The fourth-order valence-electron chi connectivity index (χ4n) is 2.74. The normalized spacial score (nSPS) is 16.9. The second-order valence-electron chi connectivity index (χ2n) is 5.17. The van der Waals surface area contributed by atoms with E-state index >= 15 is 0 Å². The zero-order valence-electron chi connectivity index (χ0n) is 12.1. The number of hydrogen-bond donors (Lipinski definition) is 2. The molecule has 0 saturated heterocycles. The maximum atomic E-state index is 13.2. The van der Waals surface area contributed by atoms with E-state index in [4.69, 9.17) is 10.3 Å². The van der Waals surface area contributed by atoms with Crippen molar-refractivity contribution >= 4 is 5.88 Å². The first-order chi connectivity index (χ1) is 10.7. The molecule has 22 heavy (non-hydrogen) atoms. The summed E-state index contributed by atoms with van der Waals surface area (Å²) < 4.78 is 18.5. The summed E-state index contributed by atoms with van der Waals surface area (Å²) in [6.45, 7) is 2.04. The van der Waals surface area contributed by atoms with Crippen molar-refractivity contribution in [3.05, 3.63) is 58.3 Å². The molecule has 3 N–H and O–H groups in total. The van der Waals surface area contributed by atoms with Gasteiger partial charge in [0, 0.05) is 0 Å². The van der Waals surface area contributed by atoms with Crippen LogP contribution in [0.3, 0.4) is 0 Å². The van der Waals surface area contributed by atoms with Gasteiger partial charge in [0.15, 0.2) is 0 Å². The third-order valence-corrected chi connectivity index (χ3v) is 3.73. The van der Waals surface area contributed by atoms with Crippen LogP contribution in [0.2, 0.25) is 0 Å². The summed E-state index contributed by atoms with van der Waals surface area (Å²) >= 11 is 0. The van der Waals surface area contributed by atoms with Gasteiger partial charge in [-0.1, -0.05) is 30.6 Å². The molecule has 1 aromatic heterocycles. The Morgan fingerprint density at radius 3 is 2.77 bits per heavy atom. The zero-order chi connectivity index (χ0) is 15.7. The maximum Gasteiger partial charge on any atom is 0.234 e. The fourth-order valence-corrected chi connectivity index (χ4v) is 2.74. The minimum Gasteiger partial charge on any atom is -0.384 e. The summed E-state index contributed by atoms with van der Waals surface area (Å²) in [5, 5.41) is 16.4. The number of nitriles is 1. The highest BCUT2D eigenvalue weighted by Crippen LogP contribution is 2.42. The topological polar surface area (TPSA) is 87.9 Å². The number of allylic oxidation sites excluding steroid dienone is 1. The average molecular weight is 298 g/mol. The van der Waals surface area contributed by atoms with E-state index in [1.165, 1.54) is 12.1 Å². The molecule has 3 rings (SSSR count). The molecule has 0 amide bonds. The Hall–Kier alpha value is -2.81. The first-order valence-electron chi connectivity index (χ1n) is 7.06. The van der Waals surface area contributed by atoms with Crippen molar-refractivity contribution in [3.8, 4) is 6.07 Å². The molecule has 0 fully saturated rings. The molecule has 6 heteroatoms. The Morgan fingerprint density at radius 2 is 2.14 bits per heavy atom. The van der Waals surface area contributed by atoms with E-state index in [-0.39, 0.29) is 11.6 Å². The molecule has 5 nitrogen and oxygen atoms in total. The van der Waals surface area contributed by atoms with Gasteiger partial charge >= 0.3 is 0 Å². The Kier molecular flexibility index (Phi) is 3.55. The molecule has 2 heterocycles. The third kappa shape index (κ3) is 2.21. The summed E-state index contributed by atoms with van der Waals surface area (Å²) in [6, 6.07) is 8.20. The van der Waals surface area contributed by atoms with Crippen LogP contribution < -0.4 is 11.1 Å². The van der Waals surface area contributed by atoms with Gasteiger partial charge in [-0.2, -0.15) is 5.26 Å². The maximum absolute atomic E-state index is 13.2. The van der Waals surface area contributed by atoms with E-state index in [0.717, 1.165) is 29.7 Å². The molecule has 1 atom stereocenters. The molecule has 0 spiro atoms. The smallest absolute Gasteiger partial charge is 0.234 e. The Labute approximate surface area is 127 Å². The van der Waals surface area contributed by atoms with Gasteiger partial charge in [0.05, 0.1) is 28.8 Å². The van der Waals surface area contributed by atoms with Crippen LogP contribution in [-0.4, -0.2) is 5.16 Å². The number of aromatic nitrogens is 1. The van der Waals surface area contributed by atoms with Crippen molar-refractivity contribution in [2.24, 2.45) is 5.73 Å². The second-order valence-corrected chi connectivity index (χ2v) is 5.17.